The number of aromatic nitrogens is 1. The summed E-state index contributed by atoms with van der Waals surface area (Å²) in [5.41, 5.74) is 3.81. The average molecular weight is 309 g/mol. The summed E-state index contributed by atoms with van der Waals surface area (Å²) in [6.07, 6.45) is 5.46. The second kappa shape index (κ2) is 6.82. The minimum Gasteiger partial charge on any atom is -0.384 e. The Hall–Kier alpha value is -2.36. The van der Waals surface area contributed by atoms with Crippen LogP contribution < -0.4 is 10.2 Å². The van der Waals surface area contributed by atoms with Crippen LogP contribution in [0.1, 0.15) is 36.2 Å². The van der Waals surface area contributed by atoms with Gasteiger partial charge >= 0.3 is 0 Å². The van der Waals surface area contributed by atoms with E-state index in [4.69, 9.17) is 0 Å². The van der Waals surface area contributed by atoms with E-state index in [1.165, 1.54) is 5.56 Å². The van der Waals surface area contributed by atoms with Gasteiger partial charge in [-0.15, -0.1) is 0 Å². The predicted octanol–water partition coefficient (Wildman–Crippen LogP) is 3.74. The molecule has 0 fully saturated rings. The molecule has 0 aliphatic carbocycles. The molecule has 4 nitrogen and oxygen atoms in total. The summed E-state index contributed by atoms with van der Waals surface area (Å²) in [5.74, 6) is 0.571. The first-order valence-corrected chi connectivity index (χ1v) is 8.24. The van der Waals surface area contributed by atoms with Gasteiger partial charge in [-0.25, -0.2) is 0 Å². The maximum atomic E-state index is 12.9. The summed E-state index contributed by atoms with van der Waals surface area (Å²) in [4.78, 5) is 19.0. The van der Waals surface area contributed by atoms with Gasteiger partial charge in [-0.2, -0.15) is 0 Å². The van der Waals surface area contributed by atoms with Crippen molar-refractivity contribution in [1.29, 1.82) is 0 Å². The van der Waals surface area contributed by atoms with Crippen molar-refractivity contribution in [3.63, 3.8) is 0 Å². The standard InChI is InChI=1S/C19H23N3O/c1-14(2)11-21-17-10-16(12-20-13-17)19(23)22-9-5-7-15-6-3-4-8-18(15)22/h3-4,6,8,10,12-14,21H,5,7,9,11H2,1-2H3. The van der Waals surface area contributed by atoms with Gasteiger partial charge in [0.15, 0.2) is 0 Å². The van der Waals surface area contributed by atoms with E-state index in [1.807, 2.05) is 29.2 Å². The molecule has 120 valence electrons. The van der Waals surface area contributed by atoms with Crippen molar-refractivity contribution in [2.45, 2.75) is 26.7 Å². The first-order chi connectivity index (χ1) is 11.1. The van der Waals surface area contributed by atoms with E-state index in [1.54, 1.807) is 12.4 Å². The van der Waals surface area contributed by atoms with Gasteiger partial charge in [0, 0.05) is 31.2 Å². The van der Waals surface area contributed by atoms with Crippen molar-refractivity contribution in [3.05, 3.63) is 53.9 Å². The zero-order valence-electron chi connectivity index (χ0n) is 13.7. The lowest BCUT2D eigenvalue weighted by atomic mass is 10.0. The molecule has 23 heavy (non-hydrogen) atoms. The number of rotatable bonds is 4. The Labute approximate surface area is 137 Å². The van der Waals surface area contributed by atoms with E-state index >= 15 is 0 Å². The van der Waals surface area contributed by atoms with Gasteiger partial charge < -0.3 is 10.2 Å². The van der Waals surface area contributed by atoms with E-state index in [-0.39, 0.29) is 5.91 Å². The molecule has 1 N–H and O–H groups in total. The fourth-order valence-electron chi connectivity index (χ4n) is 2.88. The van der Waals surface area contributed by atoms with E-state index in [0.29, 0.717) is 11.5 Å². The van der Waals surface area contributed by atoms with Gasteiger partial charge in [0.2, 0.25) is 0 Å². The number of anilines is 2. The predicted molar refractivity (Wildman–Crippen MR) is 94.0 cm³/mol. The Bertz CT molecular complexity index is 697. The van der Waals surface area contributed by atoms with E-state index in [0.717, 1.165) is 37.3 Å². The lowest BCUT2D eigenvalue weighted by molar-refractivity contribution is 0.0985. The van der Waals surface area contributed by atoms with Crippen LogP contribution in [0.4, 0.5) is 11.4 Å². The molecule has 3 rings (SSSR count). The number of para-hydroxylation sites is 1. The second-order valence-electron chi connectivity index (χ2n) is 6.43. The molecular formula is C19H23N3O. The number of carbonyl (C=O) groups excluding carboxylic acids is 1. The van der Waals surface area contributed by atoms with Crippen LogP contribution in [0.5, 0.6) is 0 Å². The molecule has 0 atom stereocenters. The largest absolute Gasteiger partial charge is 0.384 e. The SMILES string of the molecule is CC(C)CNc1cncc(C(=O)N2CCCc3ccccc32)c1. The van der Waals surface area contributed by atoms with Crippen molar-refractivity contribution in [1.82, 2.24) is 4.98 Å². The first kappa shape index (κ1) is 15.5. The summed E-state index contributed by atoms with van der Waals surface area (Å²) in [5, 5.41) is 3.33. The summed E-state index contributed by atoms with van der Waals surface area (Å²) in [6.45, 7) is 5.94. The number of amides is 1. The molecule has 0 saturated heterocycles. The maximum absolute atomic E-state index is 12.9. The molecule has 4 heteroatoms. The number of carbonyl (C=O) groups is 1. The number of nitrogens with zero attached hydrogens (tertiary/aromatic N) is 2. The lowest BCUT2D eigenvalue weighted by Gasteiger charge is -2.29. The van der Waals surface area contributed by atoms with Crippen molar-refractivity contribution in [2.24, 2.45) is 5.92 Å². The van der Waals surface area contributed by atoms with Crippen molar-refractivity contribution in [3.8, 4) is 0 Å². The Morgan fingerprint density at radius 3 is 2.96 bits per heavy atom. The Morgan fingerprint density at radius 2 is 2.13 bits per heavy atom. The highest BCUT2D eigenvalue weighted by Gasteiger charge is 2.23. The number of hydrogen-bond acceptors (Lipinski definition) is 3. The van der Waals surface area contributed by atoms with Crippen LogP contribution in [-0.4, -0.2) is 24.0 Å². The van der Waals surface area contributed by atoms with Crippen LogP contribution in [-0.2, 0) is 6.42 Å². The topological polar surface area (TPSA) is 45.2 Å². The molecule has 0 unspecified atom stereocenters. The Kier molecular flexibility index (Phi) is 4.60. The minimum absolute atomic E-state index is 0.0258. The Balaban J connectivity index is 1.83. The summed E-state index contributed by atoms with van der Waals surface area (Å²) < 4.78 is 0. The highest BCUT2D eigenvalue weighted by molar-refractivity contribution is 6.07. The summed E-state index contributed by atoms with van der Waals surface area (Å²) >= 11 is 0. The zero-order chi connectivity index (χ0) is 16.2. The molecule has 1 aromatic heterocycles. The summed E-state index contributed by atoms with van der Waals surface area (Å²) in [6, 6.07) is 10.1. The number of fused-ring (bicyclic) bond motifs is 1. The molecule has 2 heterocycles. The van der Waals surface area contributed by atoms with Crippen LogP contribution in [0.15, 0.2) is 42.7 Å². The van der Waals surface area contributed by atoms with Gasteiger partial charge in [-0.05, 0) is 36.5 Å². The lowest BCUT2D eigenvalue weighted by Crippen LogP contribution is -2.35. The van der Waals surface area contributed by atoms with Crippen LogP contribution >= 0.6 is 0 Å². The molecule has 0 radical (unpaired) electrons. The normalized spacial score (nSPS) is 13.8. The molecule has 0 bridgehead atoms. The second-order valence-corrected chi connectivity index (χ2v) is 6.43. The van der Waals surface area contributed by atoms with Crippen LogP contribution in [0.25, 0.3) is 0 Å². The van der Waals surface area contributed by atoms with Gasteiger partial charge in [-0.3, -0.25) is 9.78 Å². The third kappa shape index (κ3) is 3.52. The van der Waals surface area contributed by atoms with Crippen molar-refractivity contribution in [2.75, 3.05) is 23.3 Å². The zero-order valence-corrected chi connectivity index (χ0v) is 13.7. The van der Waals surface area contributed by atoms with Gasteiger partial charge in [0.25, 0.3) is 5.91 Å². The van der Waals surface area contributed by atoms with Gasteiger partial charge in [0.05, 0.1) is 11.3 Å². The number of pyridine rings is 1. The monoisotopic (exact) mass is 309 g/mol. The highest BCUT2D eigenvalue weighted by Crippen LogP contribution is 2.28. The molecule has 2 aromatic rings. The van der Waals surface area contributed by atoms with E-state index < -0.39 is 0 Å². The number of hydrogen-bond donors (Lipinski definition) is 1. The first-order valence-electron chi connectivity index (χ1n) is 8.24. The average Bonchev–Trinajstić information content (AvgIpc) is 2.59. The quantitative estimate of drug-likeness (QED) is 0.935. The molecule has 0 spiro atoms. The summed E-state index contributed by atoms with van der Waals surface area (Å²) in [7, 11) is 0. The number of benzene rings is 1. The van der Waals surface area contributed by atoms with Gasteiger partial charge in [-0.1, -0.05) is 32.0 Å². The third-order valence-corrected chi connectivity index (χ3v) is 4.06. The fourth-order valence-corrected chi connectivity index (χ4v) is 2.88. The van der Waals surface area contributed by atoms with Crippen LogP contribution in [0.2, 0.25) is 0 Å². The molecule has 1 aliphatic heterocycles. The molecular weight excluding hydrogens is 286 g/mol. The number of nitrogens with one attached hydrogen (secondary N) is 1. The van der Waals surface area contributed by atoms with Crippen LogP contribution in [0, 0.1) is 5.92 Å². The van der Waals surface area contributed by atoms with Gasteiger partial charge in [0.1, 0.15) is 0 Å². The minimum atomic E-state index is 0.0258. The molecule has 1 aromatic carbocycles. The molecule has 0 saturated carbocycles. The van der Waals surface area contributed by atoms with Crippen molar-refractivity contribution < 1.29 is 4.79 Å². The third-order valence-electron chi connectivity index (χ3n) is 4.06. The van der Waals surface area contributed by atoms with E-state index in [2.05, 4.69) is 30.2 Å². The highest BCUT2D eigenvalue weighted by atomic mass is 16.2. The smallest absolute Gasteiger partial charge is 0.259 e. The molecule has 1 aliphatic rings. The number of aryl methyl sites for hydroxylation is 1. The maximum Gasteiger partial charge on any atom is 0.259 e. The fraction of sp³-hybridized carbons (Fsp3) is 0.368. The van der Waals surface area contributed by atoms with Crippen molar-refractivity contribution >= 4 is 17.3 Å². The molecule has 1 amide bonds. The van der Waals surface area contributed by atoms with E-state index in [9.17, 15) is 4.79 Å². The van der Waals surface area contributed by atoms with Crippen LogP contribution in [0.3, 0.4) is 0 Å². The Morgan fingerprint density at radius 1 is 1.30 bits per heavy atom.